The van der Waals surface area contributed by atoms with E-state index < -0.39 is 0 Å². The number of rotatable bonds is 3. The molecule has 0 spiro atoms. The zero-order chi connectivity index (χ0) is 12.3. The van der Waals surface area contributed by atoms with Crippen molar-refractivity contribution in [2.45, 2.75) is 44.4 Å². The standard InChI is InChI=1S/C13H21N3O/c1-16(11-4-2-3-5-12(11)17)9-10-6-7-13(14)15-8-10/h6-8,11-12,17H,2-5,9H2,1H3,(H2,14,15). The minimum Gasteiger partial charge on any atom is -0.391 e. The average molecular weight is 235 g/mol. The molecule has 0 radical (unpaired) electrons. The summed E-state index contributed by atoms with van der Waals surface area (Å²) in [6, 6.07) is 4.09. The molecule has 4 heteroatoms. The molecule has 0 aliphatic heterocycles. The third kappa shape index (κ3) is 3.17. The van der Waals surface area contributed by atoms with Gasteiger partial charge in [0, 0.05) is 18.8 Å². The number of nitrogens with zero attached hydrogens (tertiary/aromatic N) is 2. The van der Waals surface area contributed by atoms with E-state index in [1.165, 1.54) is 6.42 Å². The Labute approximate surface area is 102 Å². The molecule has 1 aliphatic rings. The van der Waals surface area contributed by atoms with Gasteiger partial charge in [-0.1, -0.05) is 18.9 Å². The lowest BCUT2D eigenvalue weighted by Crippen LogP contribution is -2.42. The number of aliphatic hydroxyl groups excluding tert-OH is 1. The maximum atomic E-state index is 9.98. The SMILES string of the molecule is CN(Cc1ccc(N)nc1)C1CCCCC1O. The smallest absolute Gasteiger partial charge is 0.123 e. The lowest BCUT2D eigenvalue weighted by Gasteiger charge is -2.35. The number of nitrogens with two attached hydrogens (primary N) is 1. The third-order valence-corrected chi connectivity index (χ3v) is 3.54. The van der Waals surface area contributed by atoms with Crippen molar-refractivity contribution < 1.29 is 5.11 Å². The van der Waals surface area contributed by atoms with Crippen LogP contribution in [-0.2, 0) is 6.54 Å². The van der Waals surface area contributed by atoms with Crippen LogP contribution in [-0.4, -0.2) is 34.2 Å². The molecule has 1 heterocycles. The maximum absolute atomic E-state index is 9.98. The van der Waals surface area contributed by atoms with Gasteiger partial charge < -0.3 is 10.8 Å². The molecule has 0 saturated heterocycles. The van der Waals surface area contributed by atoms with Crippen molar-refractivity contribution >= 4 is 5.82 Å². The second kappa shape index (κ2) is 5.47. The van der Waals surface area contributed by atoms with Crippen LogP contribution in [0.5, 0.6) is 0 Å². The Balaban J connectivity index is 1.95. The van der Waals surface area contributed by atoms with Gasteiger partial charge in [-0.2, -0.15) is 0 Å². The Morgan fingerprint density at radius 1 is 1.41 bits per heavy atom. The van der Waals surface area contributed by atoms with Crippen LogP contribution >= 0.6 is 0 Å². The number of aromatic nitrogens is 1. The quantitative estimate of drug-likeness (QED) is 0.831. The van der Waals surface area contributed by atoms with Crippen LogP contribution in [0.15, 0.2) is 18.3 Å². The van der Waals surface area contributed by atoms with E-state index in [2.05, 4.69) is 16.9 Å². The van der Waals surface area contributed by atoms with Gasteiger partial charge in [-0.05, 0) is 31.5 Å². The number of hydrogen-bond donors (Lipinski definition) is 2. The van der Waals surface area contributed by atoms with E-state index in [1.54, 1.807) is 6.20 Å². The van der Waals surface area contributed by atoms with Crippen LogP contribution in [0.4, 0.5) is 5.82 Å². The number of hydrogen-bond acceptors (Lipinski definition) is 4. The summed E-state index contributed by atoms with van der Waals surface area (Å²) in [5, 5.41) is 9.98. The molecule has 2 rings (SSSR count). The molecular formula is C13H21N3O. The number of pyridine rings is 1. The third-order valence-electron chi connectivity index (χ3n) is 3.54. The van der Waals surface area contributed by atoms with Crippen molar-refractivity contribution in [3.63, 3.8) is 0 Å². The fourth-order valence-electron chi connectivity index (χ4n) is 2.54. The van der Waals surface area contributed by atoms with Crippen molar-refractivity contribution in [3.8, 4) is 0 Å². The summed E-state index contributed by atoms with van der Waals surface area (Å²) < 4.78 is 0. The Hall–Kier alpha value is -1.13. The second-order valence-electron chi connectivity index (χ2n) is 4.93. The zero-order valence-electron chi connectivity index (χ0n) is 10.3. The minimum absolute atomic E-state index is 0.185. The highest BCUT2D eigenvalue weighted by Crippen LogP contribution is 2.23. The highest BCUT2D eigenvalue weighted by atomic mass is 16.3. The van der Waals surface area contributed by atoms with E-state index in [0.717, 1.165) is 31.4 Å². The highest BCUT2D eigenvalue weighted by molar-refractivity contribution is 5.29. The second-order valence-corrected chi connectivity index (χ2v) is 4.93. The van der Waals surface area contributed by atoms with Crippen LogP contribution in [0.2, 0.25) is 0 Å². The topological polar surface area (TPSA) is 62.4 Å². The van der Waals surface area contributed by atoms with Gasteiger partial charge in [-0.3, -0.25) is 4.90 Å². The van der Waals surface area contributed by atoms with Gasteiger partial charge in [0.2, 0.25) is 0 Å². The molecule has 1 aromatic heterocycles. The van der Waals surface area contributed by atoms with Gasteiger partial charge in [0.05, 0.1) is 6.10 Å². The molecule has 0 amide bonds. The lowest BCUT2D eigenvalue weighted by atomic mass is 9.91. The minimum atomic E-state index is -0.185. The van der Waals surface area contributed by atoms with E-state index in [1.807, 2.05) is 12.1 Å². The van der Waals surface area contributed by atoms with Crippen molar-refractivity contribution in [1.82, 2.24) is 9.88 Å². The molecule has 2 unspecified atom stereocenters. The highest BCUT2D eigenvalue weighted by Gasteiger charge is 2.26. The van der Waals surface area contributed by atoms with E-state index in [4.69, 9.17) is 5.73 Å². The van der Waals surface area contributed by atoms with Crippen molar-refractivity contribution in [2.24, 2.45) is 0 Å². The molecule has 1 aromatic rings. The summed E-state index contributed by atoms with van der Waals surface area (Å²) in [6.45, 7) is 0.814. The van der Waals surface area contributed by atoms with Gasteiger partial charge >= 0.3 is 0 Å². The predicted molar refractivity (Wildman–Crippen MR) is 68.4 cm³/mol. The van der Waals surface area contributed by atoms with Gasteiger partial charge in [0.1, 0.15) is 5.82 Å². The number of aliphatic hydroxyl groups is 1. The van der Waals surface area contributed by atoms with E-state index in [0.29, 0.717) is 5.82 Å². The molecule has 1 aliphatic carbocycles. The molecule has 17 heavy (non-hydrogen) atoms. The van der Waals surface area contributed by atoms with Gasteiger partial charge in [0.15, 0.2) is 0 Å². The summed E-state index contributed by atoms with van der Waals surface area (Å²) in [6.07, 6.45) is 5.99. The Kier molecular flexibility index (Phi) is 3.97. The fourth-order valence-corrected chi connectivity index (χ4v) is 2.54. The monoisotopic (exact) mass is 235 g/mol. The molecule has 2 atom stereocenters. The molecule has 4 nitrogen and oxygen atoms in total. The molecule has 1 fully saturated rings. The lowest BCUT2D eigenvalue weighted by molar-refractivity contribution is 0.0288. The van der Waals surface area contributed by atoms with Gasteiger partial charge in [-0.25, -0.2) is 4.98 Å². The summed E-state index contributed by atoms with van der Waals surface area (Å²) >= 11 is 0. The molecule has 0 aromatic carbocycles. The van der Waals surface area contributed by atoms with Crippen molar-refractivity contribution in [3.05, 3.63) is 23.9 Å². The summed E-state index contributed by atoms with van der Waals surface area (Å²) in [4.78, 5) is 6.30. The van der Waals surface area contributed by atoms with E-state index in [-0.39, 0.29) is 12.1 Å². The van der Waals surface area contributed by atoms with Crippen LogP contribution in [0.25, 0.3) is 0 Å². The van der Waals surface area contributed by atoms with Crippen molar-refractivity contribution in [1.29, 1.82) is 0 Å². The first-order valence-electron chi connectivity index (χ1n) is 6.25. The zero-order valence-corrected chi connectivity index (χ0v) is 10.3. The summed E-state index contributed by atoms with van der Waals surface area (Å²) in [7, 11) is 2.07. The molecule has 3 N–H and O–H groups in total. The number of likely N-dealkylation sites (N-methyl/N-ethyl adjacent to an activating group) is 1. The first-order valence-corrected chi connectivity index (χ1v) is 6.25. The van der Waals surface area contributed by atoms with Gasteiger partial charge in [-0.15, -0.1) is 0 Å². The summed E-state index contributed by atoms with van der Waals surface area (Å²) in [5.74, 6) is 0.550. The van der Waals surface area contributed by atoms with E-state index in [9.17, 15) is 5.11 Å². The average Bonchev–Trinajstić information content (AvgIpc) is 2.32. The van der Waals surface area contributed by atoms with Crippen LogP contribution in [0.1, 0.15) is 31.2 Å². The summed E-state index contributed by atoms with van der Waals surface area (Å²) in [5.41, 5.74) is 6.70. The molecule has 94 valence electrons. The molecule has 0 bridgehead atoms. The number of nitrogen functional groups attached to an aromatic ring is 1. The Bertz CT molecular complexity index is 352. The van der Waals surface area contributed by atoms with E-state index >= 15 is 0 Å². The van der Waals surface area contributed by atoms with Crippen LogP contribution in [0.3, 0.4) is 0 Å². The first-order chi connectivity index (χ1) is 8.16. The van der Waals surface area contributed by atoms with Crippen LogP contribution < -0.4 is 5.73 Å². The molecule has 1 saturated carbocycles. The predicted octanol–water partition coefficient (Wildman–Crippen LogP) is 1.40. The van der Waals surface area contributed by atoms with Gasteiger partial charge in [0.25, 0.3) is 0 Å². The largest absolute Gasteiger partial charge is 0.391 e. The van der Waals surface area contributed by atoms with Crippen molar-refractivity contribution in [2.75, 3.05) is 12.8 Å². The Morgan fingerprint density at radius 2 is 2.18 bits per heavy atom. The first kappa shape index (κ1) is 12.3. The Morgan fingerprint density at radius 3 is 2.82 bits per heavy atom. The normalized spacial score (nSPS) is 25.1. The number of anilines is 1. The fraction of sp³-hybridized carbons (Fsp3) is 0.615. The molecular weight excluding hydrogens is 214 g/mol. The maximum Gasteiger partial charge on any atom is 0.123 e. The van der Waals surface area contributed by atoms with Crippen LogP contribution in [0, 0.1) is 0 Å².